The van der Waals surface area contributed by atoms with Crippen molar-refractivity contribution in [3.8, 4) is 73.6 Å². The lowest BCUT2D eigenvalue weighted by Crippen LogP contribution is -2.55. The van der Waals surface area contributed by atoms with Crippen LogP contribution >= 0.6 is 0 Å². The molecule has 4 aliphatic rings. The molecule has 0 aliphatic heterocycles. The molecule has 4 aliphatic carbocycles. The average Bonchev–Trinajstić information content (AvgIpc) is 3.36. The van der Waals surface area contributed by atoms with E-state index in [4.69, 9.17) is 15.0 Å². The van der Waals surface area contributed by atoms with Crippen LogP contribution < -0.4 is 0 Å². The van der Waals surface area contributed by atoms with Crippen LogP contribution in [0.25, 0.3) is 78.3 Å². The van der Waals surface area contributed by atoms with Gasteiger partial charge < -0.3 is 0 Å². The largest absolute Gasteiger partial charge is 0.208 e. The van der Waals surface area contributed by atoms with Gasteiger partial charge in [-0.3, -0.25) is 0 Å². The van der Waals surface area contributed by atoms with Crippen molar-refractivity contribution < 1.29 is 0 Å². The first kappa shape index (κ1) is 38.2. The van der Waals surface area contributed by atoms with E-state index in [9.17, 15) is 5.26 Å². The molecule has 2 unspecified atom stereocenters. The summed E-state index contributed by atoms with van der Waals surface area (Å²) < 4.78 is 0. The molecule has 306 valence electrons. The molecule has 0 amide bonds. The number of fused-ring (bicyclic) bond motifs is 1. The first-order chi connectivity index (χ1) is 31.5. The van der Waals surface area contributed by atoms with Crippen LogP contribution in [0.1, 0.15) is 55.2 Å². The van der Waals surface area contributed by atoms with Gasteiger partial charge in [-0.15, -0.1) is 0 Å². The summed E-state index contributed by atoms with van der Waals surface area (Å²) in [4.78, 5) is 14.8. The molecule has 64 heavy (non-hydrogen) atoms. The summed E-state index contributed by atoms with van der Waals surface area (Å²) in [6.07, 6.45) is 7.84. The standard InChI is InChI=1S/C60H46N4/c61-38-40-15-17-43(18-16-40)44-23-27-50(28-24-44)59-34-41-33-42(35-59)37-60(36-41,39-59)51-29-25-46(26-30-51)53-32-31-52(54-13-7-8-14-55(53)54)45-19-21-49(22-20-45)58-63-56(47-9-3-1-4-10-47)62-57(64-58)48-11-5-2-6-12-48/h1-32,41-42H,33-37,39H2. The molecule has 0 saturated heterocycles. The van der Waals surface area contributed by atoms with Gasteiger partial charge in [-0.25, -0.2) is 15.0 Å². The summed E-state index contributed by atoms with van der Waals surface area (Å²) in [5, 5.41) is 11.8. The van der Waals surface area contributed by atoms with Gasteiger partial charge in [0, 0.05) is 16.7 Å². The molecule has 1 heterocycles. The number of nitrogens with zero attached hydrogens (tertiary/aromatic N) is 4. The summed E-state index contributed by atoms with van der Waals surface area (Å²) in [6, 6.07) is 71.7. The highest BCUT2D eigenvalue weighted by molar-refractivity contribution is 6.05. The highest BCUT2D eigenvalue weighted by Crippen LogP contribution is 2.66. The van der Waals surface area contributed by atoms with E-state index < -0.39 is 0 Å². The summed E-state index contributed by atoms with van der Waals surface area (Å²) in [5.41, 5.74) is 14.3. The molecular weight excluding hydrogens is 777 g/mol. The Hall–Kier alpha value is -7.48. The molecule has 9 aromatic rings. The molecule has 4 fully saturated rings. The highest BCUT2D eigenvalue weighted by atomic mass is 15.0. The second-order valence-electron chi connectivity index (χ2n) is 18.7. The third kappa shape index (κ3) is 6.71. The van der Waals surface area contributed by atoms with Crippen molar-refractivity contribution in [2.45, 2.75) is 49.4 Å². The van der Waals surface area contributed by atoms with Gasteiger partial charge in [0.1, 0.15) is 0 Å². The minimum atomic E-state index is 0.222. The Kier molecular flexibility index (Phi) is 9.20. The van der Waals surface area contributed by atoms with Gasteiger partial charge in [0.2, 0.25) is 0 Å². The van der Waals surface area contributed by atoms with Crippen molar-refractivity contribution >= 4 is 10.8 Å². The van der Waals surface area contributed by atoms with E-state index in [0.29, 0.717) is 23.0 Å². The van der Waals surface area contributed by atoms with Crippen molar-refractivity contribution in [1.82, 2.24) is 15.0 Å². The van der Waals surface area contributed by atoms with Crippen molar-refractivity contribution in [2.24, 2.45) is 11.8 Å². The van der Waals surface area contributed by atoms with E-state index in [0.717, 1.165) is 39.7 Å². The van der Waals surface area contributed by atoms with Crippen molar-refractivity contribution in [2.75, 3.05) is 0 Å². The molecule has 13 rings (SSSR count). The van der Waals surface area contributed by atoms with Crippen molar-refractivity contribution in [1.29, 1.82) is 5.26 Å². The maximum absolute atomic E-state index is 9.27. The summed E-state index contributed by atoms with van der Waals surface area (Å²) >= 11 is 0. The maximum atomic E-state index is 9.27. The van der Waals surface area contributed by atoms with E-state index in [-0.39, 0.29) is 10.8 Å². The molecule has 4 heteroatoms. The molecule has 0 spiro atoms. The van der Waals surface area contributed by atoms with Gasteiger partial charge in [-0.05, 0) is 129 Å². The van der Waals surface area contributed by atoms with E-state index >= 15 is 0 Å². The lowest BCUT2D eigenvalue weighted by Gasteiger charge is -2.63. The Morgan fingerprint density at radius 3 is 1.17 bits per heavy atom. The Morgan fingerprint density at radius 2 is 0.734 bits per heavy atom. The predicted molar refractivity (Wildman–Crippen MR) is 259 cm³/mol. The van der Waals surface area contributed by atoms with Crippen molar-refractivity contribution in [3.05, 3.63) is 211 Å². The summed E-state index contributed by atoms with van der Waals surface area (Å²) in [6.45, 7) is 0. The third-order valence-electron chi connectivity index (χ3n) is 14.8. The summed E-state index contributed by atoms with van der Waals surface area (Å²) in [5.74, 6) is 3.53. The molecule has 0 radical (unpaired) electrons. The minimum Gasteiger partial charge on any atom is -0.208 e. The Labute approximate surface area is 375 Å². The molecule has 4 saturated carbocycles. The van der Waals surface area contributed by atoms with Crippen LogP contribution in [0, 0.1) is 23.2 Å². The first-order valence-electron chi connectivity index (χ1n) is 22.7. The number of aromatic nitrogens is 3. The molecule has 1 aromatic heterocycles. The number of rotatable bonds is 8. The van der Waals surface area contributed by atoms with Crippen molar-refractivity contribution in [3.63, 3.8) is 0 Å². The van der Waals surface area contributed by atoms with Crippen LogP contribution in [0.15, 0.2) is 194 Å². The lowest BCUT2D eigenvalue weighted by atomic mass is 9.41. The zero-order chi connectivity index (χ0) is 42.7. The smallest absolute Gasteiger partial charge is 0.164 e. The number of hydrogen-bond donors (Lipinski definition) is 0. The minimum absolute atomic E-state index is 0.222. The van der Waals surface area contributed by atoms with Crippen LogP contribution in [0.4, 0.5) is 0 Å². The van der Waals surface area contributed by atoms with E-state index in [1.807, 2.05) is 72.8 Å². The Bertz CT molecular complexity index is 3130. The number of hydrogen-bond acceptors (Lipinski definition) is 4. The van der Waals surface area contributed by atoms with Gasteiger partial charge in [-0.1, -0.05) is 182 Å². The topological polar surface area (TPSA) is 62.5 Å². The zero-order valence-electron chi connectivity index (χ0n) is 35.7. The molecule has 2 atom stereocenters. The van der Waals surface area contributed by atoms with Gasteiger partial charge in [-0.2, -0.15) is 5.26 Å². The molecule has 0 N–H and O–H groups in total. The van der Waals surface area contributed by atoms with Gasteiger partial charge >= 0.3 is 0 Å². The van der Waals surface area contributed by atoms with Crippen LogP contribution in [0.3, 0.4) is 0 Å². The van der Waals surface area contributed by atoms with Crippen LogP contribution in [-0.4, -0.2) is 15.0 Å². The molecule has 8 aromatic carbocycles. The summed E-state index contributed by atoms with van der Waals surface area (Å²) in [7, 11) is 0. The SMILES string of the molecule is N#Cc1ccc(-c2ccc(C34CC5CC(C3)CC(c3ccc(-c6ccc(-c7ccc(-c8nc(-c9ccccc9)nc(-c9ccccc9)n8)cc7)c7ccccc67)cc3)(C5)C4)cc2)cc1. The van der Waals surface area contributed by atoms with Crippen LogP contribution in [0.2, 0.25) is 0 Å². The zero-order valence-corrected chi connectivity index (χ0v) is 35.7. The second kappa shape index (κ2) is 15.4. The fraction of sp³-hybridized carbons (Fsp3) is 0.167. The number of benzene rings is 8. The lowest BCUT2D eigenvalue weighted by molar-refractivity contribution is -0.0281. The number of nitriles is 1. The van der Waals surface area contributed by atoms with Crippen LogP contribution in [-0.2, 0) is 10.8 Å². The highest BCUT2D eigenvalue weighted by Gasteiger charge is 2.58. The molecule has 4 bridgehead atoms. The fourth-order valence-electron chi connectivity index (χ4n) is 12.2. The van der Waals surface area contributed by atoms with Crippen LogP contribution in [0.5, 0.6) is 0 Å². The first-order valence-corrected chi connectivity index (χ1v) is 22.7. The molecular formula is C60H46N4. The third-order valence-corrected chi connectivity index (χ3v) is 14.8. The second-order valence-corrected chi connectivity index (χ2v) is 18.7. The molecule has 4 nitrogen and oxygen atoms in total. The van der Waals surface area contributed by atoms with E-state index in [1.54, 1.807) is 0 Å². The van der Waals surface area contributed by atoms with Gasteiger partial charge in [0.15, 0.2) is 17.5 Å². The van der Waals surface area contributed by atoms with Gasteiger partial charge in [0.25, 0.3) is 0 Å². The maximum Gasteiger partial charge on any atom is 0.164 e. The van der Waals surface area contributed by atoms with Gasteiger partial charge in [0.05, 0.1) is 11.6 Å². The average molecular weight is 823 g/mol. The predicted octanol–water partition coefficient (Wildman–Crippen LogP) is 14.7. The fourth-order valence-corrected chi connectivity index (χ4v) is 12.2. The van der Waals surface area contributed by atoms with E-state index in [2.05, 4.69) is 127 Å². The Balaban J connectivity index is 0.829. The van der Waals surface area contributed by atoms with E-state index in [1.165, 1.54) is 82.7 Å². The monoisotopic (exact) mass is 822 g/mol. The normalized spacial score (nSPS) is 20.9. The quantitative estimate of drug-likeness (QED) is 0.153. The Morgan fingerprint density at radius 1 is 0.375 bits per heavy atom.